The fourth-order valence-electron chi connectivity index (χ4n) is 1.99. The lowest BCUT2D eigenvalue weighted by molar-refractivity contribution is -0.384. The standard InChI is InChI=1S/C15H14BrNO3/c16-14-10-13(17(19)20)8-6-11(14)7-9-15(18)12-4-2-1-3-5-12/h1-6,8,10,15,18H,7,9H2. The van der Waals surface area contributed by atoms with Crippen molar-refractivity contribution >= 4 is 21.6 Å². The van der Waals surface area contributed by atoms with E-state index in [9.17, 15) is 15.2 Å². The average molecular weight is 336 g/mol. The van der Waals surface area contributed by atoms with Crippen LogP contribution in [0, 0.1) is 10.1 Å². The van der Waals surface area contributed by atoms with Crippen molar-refractivity contribution in [1.82, 2.24) is 0 Å². The Balaban J connectivity index is 2.02. The van der Waals surface area contributed by atoms with Gasteiger partial charge in [-0.05, 0) is 24.0 Å². The fourth-order valence-corrected chi connectivity index (χ4v) is 2.55. The number of halogens is 1. The molecule has 104 valence electrons. The number of non-ortho nitro benzene ring substituents is 1. The van der Waals surface area contributed by atoms with Crippen LogP contribution >= 0.6 is 15.9 Å². The molecule has 20 heavy (non-hydrogen) atoms. The second-order valence-electron chi connectivity index (χ2n) is 4.50. The molecule has 1 atom stereocenters. The zero-order valence-corrected chi connectivity index (χ0v) is 12.3. The molecule has 0 heterocycles. The molecule has 0 spiro atoms. The van der Waals surface area contributed by atoms with Crippen molar-refractivity contribution in [3.8, 4) is 0 Å². The van der Waals surface area contributed by atoms with Crippen LogP contribution < -0.4 is 0 Å². The summed E-state index contributed by atoms with van der Waals surface area (Å²) in [7, 11) is 0. The first kappa shape index (κ1) is 14.7. The quantitative estimate of drug-likeness (QED) is 0.662. The highest BCUT2D eigenvalue weighted by atomic mass is 79.9. The monoisotopic (exact) mass is 335 g/mol. The summed E-state index contributed by atoms with van der Waals surface area (Å²) in [5, 5.41) is 20.8. The number of hydrogen-bond acceptors (Lipinski definition) is 3. The molecule has 1 unspecified atom stereocenters. The number of aliphatic hydroxyl groups is 1. The molecule has 0 aliphatic carbocycles. The van der Waals surface area contributed by atoms with Crippen LogP contribution in [-0.2, 0) is 6.42 Å². The minimum atomic E-state index is -0.529. The van der Waals surface area contributed by atoms with Gasteiger partial charge in [0.1, 0.15) is 0 Å². The predicted molar refractivity (Wildman–Crippen MR) is 80.5 cm³/mol. The van der Waals surface area contributed by atoms with Crippen LogP contribution in [0.2, 0.25) is 0 Å². The van der Waals surface area contributed by atoms with E-state index in [0.717, 1.165) is 11.1 Å². The number of nitrogens with zero attached hydrogens (tertiary/aromatic N) is 1. The molecule has 0 radical (unpaired) electrons. The van der Waals surface area contributed by atoms with Crippen LogP contribution in [0.4, 0.5) is 5.69 Å². The molecule has 2 aromatic rings. The van der Waals surface area contributed by atoms with E-state index in [1.54, 1.807) is 6.07 Å². The highest BCUT2D eigenvalue weighted by Crippen LogP contribution is 2.26. The number of nitro benzene ring substituents is 1. The van der Waals surface area contributed by atoms with E-state index in [2.05, 4.69) is 15.9 Å². The molecule has 0 fully saturated rings. The van der Waals surface area contributed by atoms with Gasteiger partial charge in [-0.25, -0.2) is 0 Å². The number of benzene rings is 2. The third kappa shape index (κ3) is 3.65. The topological polar surface area (TPSA) is 63.4 Å². The van der Waals surface area contributed by atoms with Crippen LogP contribution in [0.3, 0.4) is 0 Å². The number of nitro groups is 1. The summed E-state index contributed by atoms with van der Waals surface area (Å²) in [5.41, 5.74) is 1.89. The van der Waals surface area contributed by atoms with Gasteiger partial charge in [0.2, 0.25) is 0 Å². The lowest BCUT2D eigenvalue weighted by Crippen LogP contribution is -2.00. The zero-order chi connectivity index (χ0) is 14.5. The van der Waals surface area contributed by atoms with Gasteiger partial charge < -0.3 is 5.11 Å². The van der Waals surface area contributed by atoms with E-state index in [1.165, 1.54) is 12.1 Å². The molecule has 0 amide bonds. The van der Waals surface area contributed by atoms with Gasteiger partial charge in [-0.2, -0.15) is 0 Å². The van der Waals surface area contributed by atoms with Gasteiger partial charge in [0, 0.05) is 16.6 Å². The number of aliphatic hydroxyl groups excluding tert-OH is 1. The Morgan fingerprint density at radius 2 is 1.90 bits per heavy atom. The molecular formula is C15H14BrNO3. The van der Waals surface area contributed by atoms with Crippen LogP contribution in [0.15, 0.2) is 53.0 Å². The average Bonchev–Trinajstić information content (AvgIpc) is 2.46. The Bertz CT molecular complexity index is 601. The highest BCUT2D eigenvalue weighted by Gasteiger charge is 2.11. The SMILES string of the molecule is O=[N+]([O-])c1ccc(CCC(O)c2ccccc2)c(Br)c1. The van der Waals surface area contributed by atoms with Crippen molar-refractivity contribution < 1.29 is 10.0 Å². The van der Waals surface area contributed by atoms with E-state index in [0.29, 0.717) is 17.3 Å². The van der Waals surface area contributed by atoms with Gasteiger partial charge >= 0.3 is 0 Å². The second kappa shape index (κ2) is 6.63. The van der Waals surface area contributed by atoms with Gasteiger partial charge in [0.25, 0.3) is 5.69 Å². The first-order valence-corrected chi connectivity index (χ1v) is 7.03. The summed E-state index contributed by atoms with van der Waals surface area (Å²) in [6.07, 6.45) is 0.688. The summed E-state index contributed by atoms with van der Waals surface area (Å²) in [5.74, 6) is 0. The van der Waals surface area contributed by atoms with Gasteiger partial charge in [0.05, 0.1) is 11.0 Å². The third-order valence-corrected chi connectivity index (χ3v) is 3.86. The minimum Gasteiger partial charge on any atom is -0.388 e. The fraction of sp³-hybridized carbons (Fsp3) is 0.200. The molecule has 0 aliphatic rings. The van der Waals surface area contributed by atoms with Crippen molar-refractivity contribution in [2.24, 2.45) is 0 Å². The van der Waals surface area contributed by atoms with Crippen molar-refractivity contribution in [3.63, 3.8) is 0 Å². The van der Waals surface area contributed by atoms with Gasteiger partial charge in [-0.3, -0.25) is 10.1 Å². The van der Waals surface area contributed by atoms with Crippen molar-refractivity contribution in [3.05, 3.63) is 74.2 Å². The van der Waals surface area contributed by atoms with E-state index in [4.69, 9.17) is 0 Å². The Hall–Kier alpha value is -1.72. The number of rotatable bonds is 5. The van der Waals surface area contributed by atoms with Crippen molar-refractivity contribution in [2.75, 3.05) is 0 Å². The lowest BCUT2D eigenvalue weighted by atomic mass is 10.0. The molecule has 1 N–H and O–H groups in total. The highest BCUT2D eigenvalue weighted by molar-refractivity contribution is 9.10. The van der Waals surface area contributed by atoms with E-state index in [-0.39, 0.29) is 5.69 Å². The molecule has 2 aromatic carbocycles. The van der Waals surface area contributed by atoms with E-state index in [1.807, 2.05) is 30.3 Å². The molecule has 5 heteroatoms. The molecule has 0 aromatic heterocycles. The Kier molecular flexibility index (Phi) is 4.87. The molecular weight excluding hydrogens is 322 g/mol. The summed E-state index contributed by atoms with van der Waals surface area (Å²) < 4.78 is 0.701. The summed E-state index contributed by atoms with van der Waals surface area (Å²) in [4.78, 5) is 10.2. The Morgan fingerprint density at radius 3 is 2.50 bits per heavy atom. The first-order valence-electron chi connectivity index (χ1n) is 6.24. The summed E-state index contributed by atoms with van der Waals surface area (Å²) in [6.45, 7) is 0. The first-order chi connectivity index (χ1) is 9.58. The zero-order valence-electron chi connectivity index (χ0n) is 10.7. The maximum absolute atomic E-state index is 10.7. The normalized spacial score (nSPS) is 12.1. The van der Waals surface area contributed by atoms with Gasteiger partial charge in [0.15, 0.2) is 0 Å². The smallest absolute Gasteiger partial charge is 0.270 e. The Labute approximate surface area is 125 Å². The van der Waals surface area contributed by atoms with Gasteiger partial charge in [-0.1, -0.05) is 52.3 Å². The summed E-state index contributed by atoms with van der Waals surface area (Å²) in [6, 6.07) is 14.1. The lowest BCUT2D eigenvalue weighted by Gasteiger charge is -2.11. The molecule has 0 aliphatic heterocycles. The predicted octanol–water partition coefficient (Wildman–Crippen LogP) is 4.02. The third-order valence-electron chi connectivity index (χ3n) is 3.12. The van der Waals surface area contributed by atoms with Crippen molar-refractivity contribution in [1.29, 1.82) is 0 Å². The molecule has 2 rings (SSSR count). The largest absolute Gasteiger partial charge is 0.388 e. The van der Waals surface area contributed by atoms with Crippen LogP contribution in [0.5, 0.6) is 0 Å². The number of hydrogen-bond donors (Lipinski definition) is 1. The van der Waals surface area contributed by atoms with E-state index >= 15 is 0 Å². The van der Waals surface area contributed by atoms with Crippen LogP contribution in [-0.4, -0.2) is 10.0 Å². The second-order valence-corrected chi connectivity index (χ2v) is 5.35. The maximum atomic E-state index is 10.7. The van der Waals surface area contributed by atoms with Crippen LogP contribution in [0.1, 0.15) is 23.7 Å². The van der Waals surface area contributed by atoms with E-state index < -0.39 is 11.0 Å². The molecule has 0 saturated heterocycles. The molecule has 0 saturated carbocycles. The van der Waals surface area contributed by atoms with Crippen molar-refractivity contribution in [2.45, 2.75) is 18.9 Å². The Morgan fingerprint density at radius 1 is 1.20 bits per heavy atom. The molecule has 4 nitrogen and oxygen atoms in total. The van der Waals surface area contributed by atoms with Crippen LogP contribution in [0.25, 0.3) is 0 Å². The molecule has 0 bridgehead atoms. The maximum Gasteiger partial charge on any atom is 0.270 e. The summed E-state index contributed by atoms with van der Waals surface area (Å²) >= 11 is 3.34. The number of aryl methyl sites for hydroxylation is 1. The van der Waals surface area contributed by atoms with Gasteiger partial charge in [-0.15, -0.1) is 0 Å². The minimum absolute atomic E-state index is 0.0595.